The molecule has 21 heavy (non-hydrogen) atoms. The van der Waals surface area contributed by atoms with Crippen LogP contribution in [-0.2, 0) is 0 Å². The Morgan fingerprint density at radius 1 is 1.29 bits per heavy atom. The quantitative estimate of drug-likeness (QED) is 0.732. The first kappa shape index (κ1) is 16.5. The highest BCUT2D eigenvalue weighted by molar-refractivity contribution is 9.10. The van der Waals surface area contributed by atoms with Crippen molar-refractivity contribution in [2.45, 2.75) is 45.3 Å². The van der Waals surface area contributed by atoms with Crippen LogP contribution in [-0.4, -0.2) is 6.04 Å². The minimum absolute atomic E-state index is 0.0178. The van der Waals surface area contributed by atoms with E-state index in [4.69, 9.17) is 10.5 Å². The highest BCUT2D eigenvalue weighted by Gasteiger charge is 2.23. The molecule has 0 bridgehead atoms. The third-order valence-electron chi connectivity index (χ3n) is 3.52. The van der Waals surface area contributed by atoms with Crippen LogP contribution in [0.3, 0.4) is 0 Å². The average molecular weight is 368 g/mol. The molecule has 2 rings (SSSR count). The summed E-state index contributed by atoms with van der Waals surface area (Å²) >= 11 is 5.19. The lowest BCUT2D eigenvalue weighted by molar-refractivity contribution is 0.172. The minimum Gasteiger partial charge on any atom is -0.483 e. The lowest BCUT2D eigenvalue weighted by Gasteiger charge is -2.25. The van der Waals surface area contributed by atoms with Crippen LogP contribution >= 0.6 is 27.3 Å². The molecule has 2 aromatic rings. The Morgan fingerprint density at radius 2 is 2.00 bits per heavy atom. The fourth-order valence-corrected chi connectivity index (χ4v) is 3.80. The summed E-state index contributed by atoms with van der Waals surface area (Å²) in [6.45, 7) is 6.45. The summed E-state index contributed by atoms with van der Waals surface area (Å²) in [7, 11) is 0. The zero-order chi connectivity index (χ0) is 15.4. The third kappa shape index (κ3) is 4.09. The van der Waals surface area contributed by atoms with Gasteiger partial charge in [0.1, 0.15) is 11.9 Å². The SMILES string of the molecule is CCC(N)C(Oc1ccccc1C(C)C)c1cc(Br)cs1. The van der Waals surface area contributed by atoms with Crippen molar-refractivity contribution < 1.29 is 4.74 Å². The van der Waals surface area contributed by atoms with E-state index in [1.54, 1.807) is 11.3 Å². The zero-order valence-electron chi connectivity index (χ0n) is 12.7. The molecule has 0 saturated carbocycles. The van der Waals surface area contributed by atoms with Crippen molar-refractivity contribution in [1.82, 2.24) is 0 Å². The Hall–Kier alpha value is -0.840. The van der Waals surface area contributed by atoms with E-state index in [2.05, 4.69) is 60.3 Å². The molecule has 0 fully saturated rings. The lowest BCUT2D eigenvalue weighted by atomic mass is 10.0. The van der Waals surface area contributed by atoms with Crippen LogP contribution in [0, 0.1) is 0 Å². The van der Waals surface area contributed by atoms with Crippen molar-refractivity contribution in [2.75, 3.05) is 0 Å². The predicted octanol–water partition coefficient (Wildman–Crippen LogP) is 5.49. The van der Waals surface area contributed by atoms with E-state index in [-0.39, 0.29) is 12.1 Å². The van der Waals surface area contributed by atoms with Crippen molar-refractivity contribution in [3.8, 4) is 5.75 Å². The third-order valence-corrected chi connectivity index (χ3v) is 5.28. The van der Waals surface area contributed by atoms with Gasteiger partial charge in [-0.2, -0.15) is 0 Å². The second-order valence-electron chi connectivity index (χ2n) is 5.47. The Morgan fingerprint density at radius 3 is 2.57 bits per heavy atom. The van der Waals surface area contributed by atoms with Gasteiger partial charge in [-0.3, -0.25) is 0 Å². The van der Waals surface area contributed by atoms with E-state index < -0.39 is 0 Å². The van der Waals surface area contributed by atoms with Crippen LogP contribution in [0.15, 0.2) is 40.2 Å². The van der Waals surface area contributed by atoms with Crippen molar-refractivity contribution >= 4 is 27.3 Å². The van der Waals surface area contributed by atoms with Crippen LogP contribution in [0.2, 0.25) is 0 Å². The van der Waals surface area contributed by atoms with Gasteiger partial charge in [-0.15, -0.1) is 11.3 Å². The van der Waals surface area contributed by atoms with Gasteiger partial charge in [0.05, 0.1) is 0 Å². The lowest BCUT2D eigenvalue weighted by Crippen LogP contribution is -2.31. The average Bonchev–Trinajstić information content (AvgIpc) is 2.90. The van der Waals surface area contributed by atoms with Crippen molar-refractivity contribution in [3.63, 3.8) is 0 Å². The molecular formula is C17H22BrNOS. The molecule has 0 aliphatic rings. The van der Waals surface area contributed by atoms with Gasteiger partial charge in [0.15, 0.2) is 0 Å². The zero-order valence-corrected chi connectivity index (χ0v) is 15.1. The smallest absolute Gasteiger partial charge is 0.148 e. The highest BCUT2D eigenvalue weighted by atomic mass is 79.9. The number of nitrogens with two attached hydrogens (primary N) is 1. The summed E-state index contributed by atoms with van der Waals surface area (Å²) in [6, 6.07) is 10.3. The monoisotopic (exact) mass is 367 g/mol. The van der Waals surface area contributed by atoms with E-state index in [1.807, 2.05) is 12.1 Å². The molecule has 2 nitrogen and oxygen atoms in total. The molecule has 0 amide bonds. The minimum atomic E-state index is -0.105. The molecule has 114 valence electrons. The molecule has 0 spiro atoms. The number of thiophene rings is 1. The summed E-state index contributed by atoms with van der Waals surface area (Å²) in [5, 5.41) is 2.07. The van der Waals surface area contributed by atoms with E-state index in [9.17, 15) is 0 Å². The van der Waals surface area contributed by atoms with E-state index in [0.717, 1.165) is 21.5 Å². The number of hydrogen-bond donors (Lipinski definition) is 1. The molecule has 2 N–H and O–H groups in total. The van der Waals surface area contributed by atoms with E-state index in [1.165, 1.54) is 5.56 Å². The Balaban J connectivity index is 2.32. The Labute approximate surface area is 139 Å². The summed E-state index contributed by atoms with van der Waals surface area (Å²) in [5.74, 6) is 1.36. The number of benzene rings is 1. The van der Waals surface area contributed by atoms with Gasteiger partial charge in [-0.1, -0.05) is 39.0 Å². The van der Waals surface area contributed by atoms with Crippen LogP contribution < -0.4 is 10.5 Å². The standard InChI is InChI=1S/C17H22BrNOS/c1-4-14(19)17(16-9-12(18)10-21-16)20-15-8-6-5-7-13(15)11(2)3/h5-11,14,17H,4,19H2,1-3H3. The topological polar surface area (TPSA) is 35.2 Å². The maximum absolute atomic E-state index is 6.32. The highest BCUT2D eigenvalue weighted by Crippen LogP contribution is 2.35. The maximum Gasteiger partial charge on any atom is 0.148 e. The van der Waals surface area contributed by atoms with Gasteiger partial charge in [0, 0.05) is 20.8 Å². The molecule has 0 radical (unpaired) electrons. The fraction of sp³-hybridized carbons (Fsp3) is 0.412. The summed E-state index contributed by atoms with van der Waals surface area (Å²) < 4.78 is 7.40. The van der Waals surface area contributed by atoms with Gasteiger partial charge in [-0.25, -0.2) is 0 Å². The fourth-order valence-electron chi connectivity index (χ4n) is 2.25. The molecule has 4 heteroatoms. The normalized spacial score (nSPS) is 14.2. The number of para-hydroxylation sites is 1. The van der Waals surface area contributed by atoms with Gasteiger partial charge in [-0.05, 0) is 46.0 Å². The van der Waals surface area contributed by atoms with Crippen LogP contribution in [0.5, 0.6) is 5.75 Å². The van der Waals surface area contributed by atoms with Crippen molar-refractivity contribution in [1.29, 1.82) is 0 Å². The second kappa shape index (κ2) is 7.43. The summed E-state index contributed by atoms with van der Waals surface area (Å²) in [4.78, 5) is 1.16. The molecule has 0 aliphatic carbocycles. The van der Waals surface area contributed by atoms with Gasteiger partial charge < -0.3 is 10.5 Å². The number of ether oxygens (including phenoxy) is 1. The number of hydrogen-bond acceptors (Lipinski definition) is 3. The van der Waals surface area contributed by atoms with Gasteiger partial charge in [0.25, 0.3) is 0 Å². The summed E-state index contributed by atoms with van der Waals surface area (Å²) in [6.07, 6.45) is 0.774. The van der Waals surface area contributed by atoms with Gasteiger partial charge in [0.2, 0.25) is 0 Å². The first-order valence-electron chi connectivity index (χ1n) is 7.28. The van der Waals surface area contributed by atoms with Crippen LogP contribution in [0.25, 0.3) is 0 Å². The first-order valence-corrected chi connectivity index (χ1v) is 8.95. The van der Waals surface area contributed by atoms with Crippen molar-refractivity contribution in [3.05, 3.63) is 50.6 Å². The molecular weight excluding hydrogens is 346 g/mol. The van der Waals surface area contributed by atoms with Crippen LogP contribution in [0.1, 0.15) is 49.7 Å². The molecule has 2 unspecified atom stereocenters. The maximum atomic E-state index is 6.32. The van der Waals surface area contributed by atoms with E-state index >= 15 is 0 Å². The van der Waals surface area contributed by atoms with E-state index in [0.29, 0.717) is 5.92 Å². The first-order chi connectivity index (χ1) is 10.0. The second-order valence-corrected chi connectivity index (χ2v) is 7.33. The molecule has 1 aromatic carbocycles. The van der Waals surface area contributed by atoms with Crippen LogP contribution in [0.4, 0.5) is 0 Å². The predicted molar refractivity (Wildman–Crippen MR) is 94.2 cm³/mol. The molecule has 1 aromatic heterocycles. The summed E-state index contributed by atoms with van der Waals surface area (Å²) in [5.41, 5.74) is 7.52. The number of rotatable bonds is 6. The number of halogens is 1. The molecule has 1 heterocycles. The largest absolute Gasteiger partial charge is 0.483 e. The Kier molecular flexibility index (Phi) is 5.85. The molecule has 0 saturated heterocycles. The van der Waals surface area contributed by atoms with Crippen molar-refractivity contribution in [2.24, 2.45) is 5.73 Å². The van der Waals surface area contributed by atoms with Gasteiger partial charge >= 0.3 is 0 Å². The molecule has 2 atom stereocenters. The molecule has 0 aliphatic heterocycles. The Bertz CT molecular complexity index is 582.